The van der Waals surface area contributed by atoms with E-state index in [4.69, 9.17) is 5.73 Å². The van der Waals surface area contributed by atoms with E-state index in [1.165, 1.54) is 31.4 Å². The molecule has 0 aromatic heterocycles. The normalized spacial score (nSPS) is 10.5. The third-order valence-corrected chi connectivity index (χ3v) is 3.35. The van der Waals surface area contributed by atoms with Crippen molar-refractivity contribution in [3.63, 3.8) is 0 Å². The highest BCUT2D eigenvalue weighted by Crippen LogP contribution is 2.20. The van der Waals surface area contributed by atoms with Crippen LogP contribution in [0.1, 0.15) is 31.7 Å². The quantitative estimate of drug-likeness (QED) is 0.590. The van der Waals surface area contributed by atoms with Gasteiger partial charge in [0, 0.05) is 11.4 Å². The van der Waals surface area contributed by atoms with Gasteiger partial charge in [-0.25, -0.2) is 4.39 Å². The van der Waals surface area contributed by atoms with Gasteiger partial charge >= 0.3 is 0 Å². The molecule has 1 aromatic carbocycles. The van der Waals surface area contributed by atoms with E-state index in [1.807, 2.05) is 11.8 Å². The largest absolute Gasteiger partial charge is 0.398 e. The molecule has 0 saturated heterocycles. The second kappa shape index (κ2) is 6.72. The number of rotatable bonds is 6. The average Bonchev–Trinajstić information content (AvgIpc) is 2.20. The van der Waals surface area contributed by atoms with Gasteiger partial charge < -0.3 is 5.73 Å². The SMILES string of the molecule is CCCCCSCc1ccc(F)cc1N. The van der Waals surface area contributed by atoms with Crippen molar-refractivity contribution >= 4 is 17.4 Å². The number of hydrogen-bond donors (Lipinski definition) is 1. The van der Waals surface area contributed by atoms with Crippen LogP contribution < -0.4 is 5.73 Å². The number of nitrogens with two attached hydrogens (primary N) is 1. The number of thioether (sulfide) groups is 1. The van der Waals surface area contributed by atoms with Crippen molar-refractivity contribution in [2.45, 2.75) is 31.9 Å². The molecule has 1 aromatic rings. The van der Waals surface area contributed by atoms with Crippen LogP contribution in [0.15, 0.2) is 18.2 Å². The van der Waals surface area contributed by atoms with Gasteiger partial charge in [-0.05, 0) is 29.9 Å². The maximum absolute atomic E-state index is 12.7. The number of halogens is 1. The second-order valence-electron chi connectivity index (χ2n) is 3.60. The fraction of sp³-hybridized carbons (Fsp3) is 0.500. The number of benzene rings is 1. The summed E-state index contributed by atoms with van der Waals surface area (Å²) in [5.41, 5.74) is 7.32. The summed E-state index contributed by atoms with van der Waals surface area (Å²) >= 11 is 1.86. The summed E-state index contributed by atoms with van der Waals surface area (Å²) in [6, 6.07) is 4.64. The van der Waals surface area contributed by atoms with Gasteiger partial charge in [0.1, 0.15) is 5.82 Å². The van der Waals surface area contributed by atoms with Crippen LogP contribution in [0.2, 0.25) is 0 Å². The van der Waals surface area contributed by atoms with E-state index in [0.717, 1.165) is 17.1 Å². The van der Waals surface area contributed by atoms with Crippen molar-refractivity contribution in [3.05, 3.63) is 29.6 Å². The molecule has 2 N–H and O–H groups in total. The van der Waals surface area contributed by atoms with Gasteiger partial charge in [-0.3, -0.25) is 0 Å². The summed E-state index contributed by atoms with van der Waals surface area (Å²) in [7, 11) is 0. The molecule has 0 aliphatic carbocycles. The highest BCUT2D eigenvalue weighted by Gasteiger charge is 2.00. The van der Waals surface area contributed by atoms with Gasteiger partial charge in [-0.1, -0.05) is 25.8 Å². The van der Waals surface area contributed by atoms with Crippen LogP contribution in [-0.4, -0.2) is 5.75 Å². The first-order valence-electron chi connectivity index (χ1n) is 5.35. The van der Waals surface area contributed by atoms with Crippen molar-refractivity contribution in [3.8, 4) is 0 Å². The van der Waals surface area contributed by atoms with E-state index in [9.17, 15) is 4.39 Å². The number of anilines is 1. The molecule has 0 unspecified atom stereocenters. The minimum Gasteiger partial charge on any atom is -0.398 e. The first kappa shape index (κ1) is 12.4. The molecular formula is C12H18FNS. The van der Waals surface area contributed by atoms with Gasteiger partial charge in [-0.15, -0.1) is 0 Å². The van der Waals surface area contributed by atoms with Crippen molar-refractivity contribution in [2.75, 3.05) is 11.5 Å². The molecule has 1 nitrogen and oxygen atoms in total. The Morgan fingerprint density at radius 2 is 2.13 bits per heavy atom. The molecular weight excluding hydrogens is 209 g/mol. The Labute approximate surface area is 95.2 Å². The lowest BCUT2D eigenvalue weighted by Crippen LogP contribution is -1.94. The second-order valence-corrected chi connectivity index (χ2v) is 4.71. The van der Waals surface area contributed by atoms with E-state index in [2.05, 4.69) is 6.92 Å². The summed E-state index contributed by atoms with van der Waals surface area (Å²) in [5, 5.41) is 0. The first-order valence-corrected chi connectivity index (χ1v) is 6.51. The Morgan fingerprint density at radius 3 is 2.80 bits per heavy atom. The molecule has 0 amide bonds. The Morgan fingerprint density at radius 1 is 1.33 bits per heavy atom. The summed E-state index contributed by atoms with van der Waals surface area (Å²) < 4.78 is 12.7. The highest BCUT2D eigenvalue weighted by atomic mass is 32.2. The lowest BCUT2D eigenvalue weighted by Gasteiger charge is -2.05. The lowest BCUT2D eigenvalue weighted by molar-refractivity contribution is 0.628. The molecule has 0 saturated carbocycles. The lowest BCUT2D eigenvalue weighted by atomic mass is 10.2. The maximum Gasteiger partial charge on any atom is 0.125 e. The summed E-state index contributed by atoms with van der Waals surface area (Å²) in [6.45, 7) is 2.20. The minimum atomic E-state index is -0.257. The zero-order chi connectivity index (χ0) is 11.1. The Kier molecular flexibility index (Phi) is 5.54. The molecule has 1 rings (SSSR count). The van der Waals surface area contributed by atoms with Crippen LogP contribution in [-0.2, 0) is 5.75 Å². The zero-order valence-electron chi connectivity index (χ0n) is 9.13. The van der Waals surface area contributed by atoms with E-state index in [1.54, 1.807) is 6.07 Å². The average molecular weight is 227 g/mol. The molecule has 0 bridgehead atoms. The molecule has 15 heavy (non-hydrogen) atoms. The third kappa shape index (κ3) is 4.56. The van der Waals surface area contributed by atoms with E-state index in [-0.39, 0.29) is 5.82 Å². The molecule has 84 valence electrons. The molecule has 0 atom stereocenters. The topological polar surface area (TPSA) is 26.0 Å². The number of unbranched alkanes of at least 4 members (excludes halogenated alkanes) is 2. The highest BCUT2D eigenvalue weighted by molar-refractivity contribution is 7.98. The predicted molar refractivity (Wildman–Crippen MR) is 66.5 cm³/mol. The Bertz CT molecular complexity index is 302. The van der Waals surface area contributed by atoms with Gasteiger partial charge in [0.2, 0.25) is 0 Å². The molecule has 0 radical (unpaired) electrons. The molecule has 0 spiro atoms. The van der Waals surface area contributed by atoms with Crippen LogP contribution in [0.5, 0.6) is 0 Å². The standard InChI is InChI=1S/C12H18FNS/c1-2-3-4-7-15-9-10-5-6-11(13)8-12(10)14/h5-6,8H,2-4,7,9,14H2,1H3. The predicted octanol–water partition coefficient (Wildman–Crippen LogP) is 3.83. The van der Waals surface area contributed by atoms with Crippen molar-refractivity contribution in [2.24, 2.45) is 0 Å². The van der Waals surface area contributed by atoms with Crippen LogP contribution in [0, 0.1) is 5.82 Å². The third-order valence-electron chi connectivity index (χ3n) is 2.26. The summed E-state index contributed by atoms with van der Waals surface area (Å²) in [5.74, 6) is 1.78. The Hall–Kier alpha value is -0.700. The van der Waals surface area contributed by atoms with Gasteiger partial charge in [0.15, 0.2) is 0 Å². The molecule has 0 heterocycles. The van der Waals surface area contributed by atoms with E-state index >= 15 is 0 Å². The van der Waals surface area contributed by atoms with Gasteiger partial charge in [0.05, 0.1) is 0 Å². The van der Waals surface area contributed by atoms with Crippen molar-refractivity contribution < 1.29 is 4.39 Å². The Balaban J connectivity index is 2.31. The van der Waals surface area contributed by atoms with Crippen LogP contribution in [0.25, 0.3) is 0 Å². The molecule has 0 aliphatic heterocycles. The van der Waals surface area contributed by atoms with Crippen molar-refractivity contribution in [1.82, 2.24) is 0 Å². The first-order chi connectivity index (χ1) is 7.24. The smallest absolute Gasteiger partial charge is 0.125 e. The summed E-state index contributed by atoms with van der Waals surface area (Å²) in [4.78, 5) is 0. The monoisotopic (exact) mass is 227 g/mol. The van der Waals surface area contributed by atoms with E-state index < -0.39 is 0 Å². The molecule has 3 heteroatoms. The van der Waals surface area contributed by atoms with Crippen LogP contribution >= 0.6 is 11.8 Å². The summed E-state index contributed by atoms with van der Waals surface area (Å²) in [6.07, 6.45) is 3.79. The zero-order valence-corrected chi connectivity index (χ0v) is 9.95. The fourth-order valence-electron chi connectivity index (χ4n) is 1.33. The minimum absolute atomic E-state index is 0.257. The van der Waals surface area contributed by atoms with Crippen LogP contribution in [0.3, 0.4) is 0 Å². The molecule has 0 fully saturated rings. The van der Waals surface area contributed by atoms with Gasteiger partial charge in [0.25, 0.3) is 0 Å². The van der Waals surface area contributed by atoms with E-state index in [0.29, 0.717) is 5.69 Å². The van der Waals surface area contributed by atoms with Crippen LogP contribution in [0.4, 0.5) is 10.1 Å². The number of nitrogen functional groups attached to an aromatic ring is 1. The number of hydrogen-bond acceptors (Lipinski definition) is 2. The fourth-order valence-corrected chi connectivity index (χ4v) is 2.37. The maximum atomic E-state index is 12.7. The van der Waals surface area contributed by atoms with Crippen molar-refractivity contribution in [1.29, 1.82) is 0 Å². The van der Waals surface area contributed by atoms with Gasteiger partial charge in [-0.2, -0.15) is 11.8 Å². The molecule has 0 aliphatic rings.